The van der Waals surface area contributed by atoms with Gasteiger partial charge in [0, 0.05) is 24.4 Å². The second-order valence-corrected chi connectivity index (χ2v) is 7.48. The molecule has 4 atom stereocenters. The summed E-state index contributed by atoms with van der Waals surface area (Å²) in [6.45, 7) is 1.21. The van der Waals surface area contributed by atoms with E-state index in [-0.39, 0.29) is 41.8 Å². The van der Waals surface area contributed by atoms with E-state index in [1.807, 2.05) is 0 Å². The second-order valence-electron chi connectivity index (χ2n) is 7.48. The molecule has 1 amide bonds. The van der Waals surface area contributed by atoms with Gasteiger partial charge in [-0.05, 0) is 54.6 Å². The first-order valence-electron chi connectivity index (χ1n) is 9.35. The van der Waals surface area contributed by atoms with Crippen LogP contribution in [0, 0.1) is 29.2 Å². The van der Waals surface area contributed by atoms with E-state index in [1.54, 1.807) is 0 Å². The van der Waals surface area contributed by atoms with Crippen LogP contribution in [-0.2, 0) is 4.79 Å². The molecule has 2 fully saturated rings. The number of halogens is 5. The van der Waals surface area contributed by atoms with Gasteiger partial charge in [0.1, 0.15) is 0 Å². The molecule has 29 heavy (non-hydrogen) atoms. The van der Waals surface area contributed by atoms with Crippen molar-refractivity contribution in [2.45, 2.75) is 30.7 Å². The molecule has 1 saturated carbocycles. The lowest BCUT2D eigenvalue weighted by atomic mass is 9.86. The fourth-order valence-corrected chi connectivity index (χ4v) is 4.08. The summed E-state index contributed by atoms with van der Waals surface area (Å²) >= 11 is 0. The first-order valence-corrected chi connectivity index (χ1v) is 9.35. The highest BCUT2D eigenvalue weighted by atomic mass is 35.5. The molecule has 0 bridgehead atoms. The lowest BCUT2D eigenvalue weighted by Crippen LogP contribution is -2.50. The van der Waals surface area contributed by atoms with Crippen molar-refractivity contribution in [3.8, 4) is 0 Å². The van der Waals surface area contributed by atoms with Crippen LogP contribution in [-0.4, -0.2) is 25.0 Å². The smallest absolute Gasteiger partial charge is 0.224 e. The van der Waals surface area contributed by atoms with E-state index < -0.39 is 29.2 Å². The van der Waals surface area contributed by atoms with E-state index in [0.717, 1.165) is 12.1 Å². The number of benzene rings is 2. The topological polar surface area (TPSA) is 41.1 Å². The van der Waals surface area contributed by atoms with Gasteiger partial charge in [0.2, 0.25) is 5.91 Å². The molecule has 2 N–H and O–H groups in total. The average Bonchev–Trinajstić information content (AvgIpc) is 3.47. The Morgan fingerprint density at radius 2 is 1.79 bits per heavy atom. The van der Waals surface area contributed by atoms with Gasteiger partial charge in [-0.15, -0.1) is 12.4 Å². The average molecular weight is 429 g/mol. The van der Waals surface area contributed by atoms with Crippen LogP contribution in [0.3, 0.4) is 0 Å². The molecule has 156 valence electrons. The normalized spacial score (nSPS) is 25.8. The monoisotopic (exact) mass is 428 g/mol. The Morgan fingerprint density at radius 3 is 2.55 bits per heavy atom. The second kappa shape index (κ2) is 8.71. The van der Waals surface area contributed by atoms with Crippen molar-refractivity contribution in [1.29, 1.82) is 0 Å². The van der Waals surface area contributed by atoms with Crippen LogP contribution in [0.4, 0.5) is 17.6 Å². The molecule has 8 heteroatoms. The molecule has 0 spiro atoms. The molecule has 1 aliphatic carbocycles. The summed E-state index contributed by atoms with van der Waals surface area (Å²) in [7, 11) is 0. The molecular formula is C21H21ClF4N2O. The zero-order chi connectivity index (χ0) is 19.8. The molecule has 2 aliphatic rings. The number of amides is 1. The maximum atomic E-state index is 14.0. The molecular weight excluding hydrogens is 408 g/mol. The van der Waals surface area contributed by atoms with Gasteiger partial charge in [-0.1, -0.05) is 18.2 Å². The van der Waals surface area contributed by atoms with Crippen molar-refractivity contribution in [3.63, 3.8) is 0 Å². The molecule has 2 aromatic carbocycles. The lowest BCUT2D eigenvalue weighted by molar-refractivity contribution is -0.123. The van der Waals surface area contributed by atoms with E-state index in [0.29, 0.717) is 31.5 Å². The summed E-state index contributed by atoms with van der Waals surface area (Å²) in [5.74, 6) is -4.77. The number of nitrogens with one attached hydrogen (secondary N) is 2. The van der Waals surface area contributed by atoms with Crippen molar-refractivity contribution in [2.75, 3.05) is 13.1 Å². The Morgan fingerprint density at radius 1 is 1.00 bits per heavy atom. The molecule has 4 rings (SSSR count). The van der Waals surface area contributed by atoms with E-state index in [2.05, 4.69) is 10.6 Å². The van der Waals surface area contributed by atoms with Crippen molar-refractivity contribution >= 4 is 18.3 Å². The van der Waals surface area contributed by atoms with E-state index in [4.69, 9.17) is 0 Å². The zero-order valence-corrected chi connectivity index (χ0v) is 16.2. The largest absolute Gasteiger partial charge is 0.351 e. The number of carbonyl (C=O) groups is 1. The van der Waals surface area contributed by atoms with Gasteiger partial charge in [0.05, 0.1) is 0 Å². The molecule has 2 aromatic rings. The summed E-state index contributed by atoms with van der Waals surface area (Å²) < 4.78 is 54.3. The minimum Gasteiger partial charge on any atom is -0.351 e. The Hall–Kier alpha value is -2.12. The van der Waals surface area contributed by atoms with Crippen molar-refractivity contribution in [2.24, 2.45) is 5.92 Å². The summed E-state index contributed by atoms with van der Waals surface area (Å²) in [4.78, 5) is 12.7. The number of piperidine rings is 1. The van der Waals surface area contributed by atoms with Crippen LogP contribution in [0.1, 0.15) is 35.8 Å². The molecule has 3 nitrogen and oxygen atoms in total. The van der Waals surface area contributed by atoms with Crippen molar-refractivity contribution < 1.29 is 22.4 Å². The van der Waals surface area contributed by atoms with Crippen LogP contribution in [0.5, 0.6) is 0 Å². The first kappa shape index (κ1) is 21.6. The Bertz CT molecular complexity index is 910. The Kier molecular flexibility index (Phi) is 6.49. The third kappa shape index (κ3) is 4.41. The SMILES string of the molecule is Cl.O=C(NC1CNCCC1c1ccc(F)c(F)c1)C1CC1c1cccc(F)c1F. The van der Waals surface area contributed by atoms with Crippen LogP contribution in [0.15, 0.2) is 36.4 Å². The number of rotatable bonds is 4. The van der Waals surface area contributed by atoms with Gasteiger partial charge in [-0.25, -0.2) is 17.6 Å². The zero-order valence-electron chi connectivity index (χ0n) is 15.4. The number of hydrogen-bond acceptors (Lipinski definition) is 2. The standard InChI is InChI=1S/C21H20F4N2O.ClH/c22-16-5-4-11(8-18(16)24)12-6-7-26-10-19(12)27-21(28)15-9-14(15)13-2-1-3-17(23)20(13)25;/h1-5,8,12,14-15,19,26H,6-7,9-10H2,(H,27,28);1H. The van der Waals surface area contributed by atoms with Crippen LogP contribution in [0.25, 0.3) is 0 Å². The highest BCUT2D eigenvalue weighted by Gasteiger charge is 2.46. The molecule has 1 heterocycles. The van der Waals surface area contributed by atoms with Gasteiger partial charge in [-0.3, -0.25) is 4.79 Å². The molecule has 1 saturated heterocycles. The summed E-state index contributed by atoms with van der Waals surface area (Å²) in [6, 6.07) is 7.51. The summed E-state index contributed by atoms with van der Waals surface area (Å²) in [6.07, 6.45) is 1.13. The highest BCUT2D eigenvalue weighted by molar-refractivity contribution is 5.85. The molecule has 0 aromatic heterocycles. The Balaban J connectivity index is 0.00000240. The van der Waals surface area contributed by atoms with E-state index >= 15 is 0 Å². The van der Waals surface area contributed by atoms with Gasteiger partial charge >= 0.3 is 0 Å². The van der Waals surface area contributed by atoms with E-state index in [1.165, 1.54) is 24.3 Å². The van der Waals surface area contributed by atoms with Gasteiger partial charge < -0.3 is 10.6 Å². The molecule has 1 aliphatic heterocycles. The predicted octanol–water partition coefficient (Wildman–Crippen LogP) is 4.03. The minimum absolute atomic E-state index is 0. The summed E-state index contributed by atoms with van der Waals surface area (Å²) in [5.41, 5.74) is 0.855. The minimum atomic E-state index is -0.918. The maximum Gasteiger partial charge on any atom is 0.224 e. The van der Waals surface area contributed by atoms with Crippen molar-refractivity contribution in [3.05, 3.63) is 70.8 Å². The maximum absolute atomic E-state index is 14.0. The number of carbonyl (C=O) groups excluding carboxylic acids is 1. The highest BCUT2D eigenvalue weighted by Crippen LogP contribution is 2.48. The van der Waals surface area contributed by atoms with Crippen LogP contribution in [0.2, 0.25) is 0 Å². The predicted molar refractivity (Wildman–Crippen MR) is 103 cm³/mol. The third-order valence-corrected chi connectivity index (χ3v) is 5.69. The van der Waals surface area contributed by atoms with Crippen LogP contribution < -0.4 is 10.6 Å². The summed E-state index contributed by atoms with van der Waals surface area (Å²) in [5, 5.41) is 6.16. The quantitative estimate of drug-likeness (QED) is 0.722. The Labute approximate surface area is 172 Å². The van der Waals surface area contributed by atoms with Gasteiger partial charge in [0.15, 0.2) is 23.3 Å². The fourth-order valence-electron chi connectivity index (χ4n) is 4.08. The fraction of sp³-hybridized carbons (Fsp3) is 0.381. The van der Waals surface area contributed by atoms with Gasteiger partial charge in [-0.2, -0.15) is 0 Å². The van der Waals surface area contributed by atoms with Crippen molar-refractivity contribution in [1.82, 2.24) is 10.6 Å². The number of hydrogen-bond donors (Lipinski definition) is 2. The third-order valence-electron chi connectivity index (χ3n) is 5.69. The molecule has 4 unspecified atom stereocenters. The van der Waals surface area contributed by atoms with Gasteiger partial charge in [0.25, 0.3) is 0 Å². The molecule has 0 radical (unpaired) electrons. The van der Waals surface area contributed by atoms with Crippen LogP contribution >= 0.6 is 12.4 Å². The first-order chi connectivity index (χ1) is 13.5. The lowest BCUT2D eigenvalue weighted by Gasteiger charge is -2.33. The van der Waals surface area contributed by atoms with E-state index in [9.17, 15) is 22.4 Å².